The molecule has 1 aliphatic rings. The van der Waals surface area contributed by atoms with Gasteiger partial charge in [-0.05, 0) is 66.6 Å². The van der Waals surface area contributed by atoms with Gasteiger partial charge in [0.05, 0.1) is 0 Å². The number of pyridine rings is 1. The predicted molar refractivity (Wildman–Crippen MR) is 132 cm³/mol. The van der Waals surface area contributed by atoms with Gasteiger partial charge in [-0.25, -0.2) is 24.1 Å². The van der Waals surface area contributed by atoms with E-state index in [-0.39, 0.29) is 11.6 Å². The number of imidazole rings is 1. The SMILES string of the molecule is CC(C)c1ccnc(-c2nc3nc(C(=O)O)nc(-c4ccc(F)cc4)c3n2CC2CCCCC2)c1. The number of aromatic carboxylic acids is 1. The molecule has 3 aromatic heterocycles. The summed E-state index contributed by atoms with van der Waals surface area (Å²) in [5.41, 5.74) is 3.86. The zero-order valence-electron chi connectivity index (χ0n) is 19.9. The van der Waals surface area contributed by atoms with Crippen LogP contribution in [0.3, 0.4) is 0 Å². The van der Waals surface area contributed by atoms with Crippen LogP contribution in [-0.2, 0) is 6.54 Å². The van der Waals surface area contributed by atoms with E-state index >= 15 is 0 Å². The van der Waals surface area contributed by atoms with Crippen LogP contribution in [0.2, 0.25) is 0 Å². The first-order valence-electron chi connectivity index (χ1n) is 12.1. The highest BCUT2D eigenvalue weighted by Gasteiger charge is 2.25. The minimum absolute atomic E-state index is 0.305. The first-order valence-corrected chi connectivity index (χ1v) is 12.1. The number of fused-ring (bicyclic) bond motifs is 1. The van der Waals surface area contributed by atoms with Crippen LogP contribution < -0.4 is 0 Å². The number of halogens is 1. The first-order chi connectivity index (χ1) is 16.9. The number of carboxylic acid groups (broad SMARTS) is 1. The molecule has 0 spiro atoms. The molecule has 7 nitrogen and oxygen atoms in total. The lowest BCUT2D eigenvalue weighted by Gasteiger charge is -2.23. The summed E-state index contributed by atoms with van der Waals surface area (Å²) in [6, 6.07) is 9.94. The zero-order chi connectivity index (χ0) is 24.5. The van der Waals surface area contributed by atoms with Crippen molar-refractivity contribution in [1.29, 1.82) is 0 Å². The van der Waals surface area contributed by atoms with Crippen LogP contribution in [0.1, 0.15) is 68.1 Å². The molecular weight excluding hydrogens is 445 g/mol. The number of aromatic nitrogens is 5. The monoisotopic (exact) mass is 473 g/mol. The fourth-order valence-corrected chi connectivity index (χ4v) is 4.87. The van der Waals surface area contributed by atoms with E-state index in [0.717, 1.165) is 18.4 Å². The topological polar surface area (TPSA) is 93.8 Å². The van der Waals surface area contributed by atoms with Crippen molar-refractivity contribution in [3.05, 3.63) is 59.8 Å². The number of hydrogen-bond donors (Lipinski definition) is 1. The standard InChI is InChI=1S/C27H28FN5O2/c1-16(2)19-12-13-29-21(14-19)26-32-24-23(33(26)15-17-6-4-3-5-7-17)22(30-25(31-24)27(34)35)18-8-10-20(28)11-9-18/h8-14,16-17H,3-7,15H2,1-2H3,(H,34,35). The molecular formula is C27H28FN5O2. The van der Waals surface area contributed by atoms with Crippen LogP contribution in [0.5, 0.6) is 0 Å². The third-order valence-electron chi connectivity index (χ3n) is 6.76. The van der Waals surface area contributed by atoms with Crippen LogP contribution in [0.4, 0.5) is 4.39 Å². The van der Waals surface area contributed by atoms with E-state index in [0.29, 0.717) is 52.3 Å². The maximum atomic E-state index is 13.7. The maximum Gasteiger partial charge on any atom is 0.374 e. The van der Waals surface area contributed by atoms with Crippen molar-refractivity contribution in [3.8, 4) is 22.8 Å². The van der Waals surface area contributed by atoms with Gasteiger partial charge >= 0.3 is 5.97 Å². The summed E-state index contributed by atoms with van der Waals surface area (Å²) in [7, 11) is 0. The van der Waals surface area contributed by atoms with Gasteiger partial charge < -0.3 is 9.67 Å². The highest BCUT2D eigenvalue weighted by Crippen LogP contribution is 2.34. The molecule has 3 heterocycles. The van der Waals surface area contributed by atoms with Gasteiger partial charge in [0.2, 0.25) is 5.82 Å². The van der Waals surface area contributed by atoms with Crippen LogP contribution in [0.15, 0.2) is 42.6 Å². The average molecular weight is 474 g/mol. The quantitative estimate of drug-likeness (QED) is 0.364. The molecule has 1 saturated carbocycles. The molecule has 180 valence electrons. The summed E-state index contributed by atoms with van der Waals surface area (Å²) in [6.45, 7) is 4.96. The third-order valence-corrected chi connectivity index (χ3v) is 6.76. The van der Waals surface area contributed by atoms with Crippen LogP contribution in [0.25, 0.3) is 33.9 Å². The van der Waals surface area contributed by atoms with Crippen molar-refractivity contribution in [1.82, 2.24) is 24.5 Å². The lowest BCUT2D eigenvalue weighted by Crippen LogP contribution is -2.16. The van der Waals surface area contributed by atoms with Gasteiger partial charge in [0.15, 0.2) is 11.5 Å². The smallest absolute Gasteiger partial charge is 0.374 e. The van der Waals surface area contributed by atoms with Gasteiger partial charge in [-0.15, -0.1) is 0 Å². The Morgan fingerprint density at radius 1 is 1.09 bits per heavy atom. The van der Waals surface area contributed by atoms with Gasteiger partial charge in [0, 0.05) is 18.3 Å². The lowest BCUT2D eigenvalue weighted by molar-refractivity contribution is 0.0684. The van der Waals surface area contributed by atoms with E-state index in [1.165, 1.54) is 31.4 Å². The molecule has 0 bridgehead atoms. The van der Waals surface area contributed by atoms with E-state index in [2.05, 4.69) is 33.4 Å². The second kappa shape index (κ2) is 9.52. The highest BCUT2D eigenvalue weighted by atomic mass is 19.1. The minimum atomic E-state index is -1.24. The first kappa shape index (κ1) is 23.1. The molecule has 0 aliphatic heterocycles. The average Bonchev–Trinajstić information content (AvgIpc) is 3.23. The van der Waals surface area contributed by atoms with Gasteiger partial charge in [0.1, 0.15) is 22.7 Å². The van der Waals surface area contributed by atoms with Gasteiger partial charge in [0.25, 0.3) is 0 Å². The van der Waals surface area contributed by atoms with Crippen LogP contribution >= 0.6 is 0 Å². The third kappa shape index (κ3) is 4.65. The summed E-state index contributed by atoms with van der Waals surface area (Å²) in [5.74, 6) is -0.514. The van der Waals surface area contributed by atoms with Crippen LogP contribution in [-0.4, -0.2) is 35.6 Å². The van der Waals surface area contributed by atoms with Gasteiger partial charge in [-0.2, -0.15) is 0 Å². The fourth-order valence-electron chi connectivity index (χ4n) is 4.87. The second-order valence-electron chi connectivity index (χ2n) is 9.56. The Labute approximate surface area is 203 Å². The Morgan fingerprint density at radius 3 is 2.51 bits per heavy atom. The molecule has 1 N–H and O–H groups in total. The molecule has 1 aromatic carbocycles. The number of rotatable bonds is 6. The molecule has 8 heteroatoms. The molecule has 0 amide bonds. The minimum Gasteiger partial charge on any atom is -0.475 e. The zero-order valence-corrected chi connectivity index (χ0v) is 19.9. The molecule has 0 atom stereocenters. The van der Waals surface area contributed by atoms with Crippen molar-refractivity contribution in [2.75, 3.05) is 0 Å². The van der Waals surface area contributed by atoms with Crippen molar-refractivity contribution in [2.24, 2.45) is 5.92 Å². The lowest BCUT2D eigenvalue weighted by atomic mass is 9.89. The van der Waals surface area contributed by atoms with E-state index in [9.17, 15) is 14.3 Å². The van der Waals surface area contributed by atoms with E-state index < -0.39 is 5.97 Å². The van der Waals surface area contributed by atoms with Gasteiger partial charge in [-0.3, -0.25) is 4.98 Å². The second-order valence-corrected chi connectivity index (χ2v) is 9.56. The summed E-state index contributed by atoms with van der Waals surface area (Å²) in [4.78, 5) is 30.0. The summed E-state index contributed by atoms with van der Waals surface area (Å²) in [5, 5.41) is 9.68. The van der Waals surface area contributed by atoms with E-state index in [1.807, 2.05) is 12.1 Å². The molecule has 1 aliphatic carbocycles. The Bertz CT molecular complexity index is 1370. The number of carbonyl (C=O) groups is 1. The predicted octanol–water partition coefficient (Wildman–Crippen LogP) is 6.10. The maximum absolute atomic E-state index is 13.7. The molecule has 5 rings (SSSR count). The molecule has 0 radical (unpaired) electrons. The fraction of sp³-hybridized carbons (Fsp3) is 0.370. The Hall–Kier alpha value is -3.68. The Kier molecular flexibility index (Phi) is 6.28. The van der Waals surface area contributed by atoms with Gasteiger partial charge in [-0.1, -0.05) is 33.1 Å². The number of nitrogens with zero attached hydrogens (tertiary/aromatic N) is 5. The highest BCUT2D eigenvalue weighted by molar-refractivity contribution is 5.94. The van der Waals surface area contributed by atoms with Crippen LogP contribution in [0, 0.1) is 11.7 Å². The molecule has 0 saturated heterocycles. The molecule has 4 aromatic rings. The number of benzene rings is 1. The molecule has 1 fully saturated rings. The normalized spacial score (nSPS) is 14.6. The van der Waals surface area contributed by atoms with E-state index in [1.54, 1.807) is 18.3 Å². The Morgan fingerprint density at radius 2 is 1.83 bits per heavy atom. The van der Waals surface area contributed by atoms with Crippen molar-refractivity contribution >= 4 is 17.1 Å². The molecule has 0 unspecified atom stereocenters. The molecule has 35 heavy (non-hydrogen) atoms. The van der Waals surface area contributed by atoms with Crippen molar-refractivity contribution < 1.29 is 14.3 Å². The Balaban J connectivity index is 1.78. The number of carboxylic acids is 1. The van der Waals surface area contributed by atoms with Crippen molar-refractivity contribution in [2.45, 2.75) is 58.4 Å². The van der Waals surface area contributed by atoms with Crippen molar-refractivity contribution in [3.63, 3.8) is 0 Å². The number of hydrogen-bond acceptors (Lipinski definition) is 5. The van der Waals surface area contributed by atoms with E-state index in [4.69, 9.17) is 4.98 Å². The summed E-state index contributed by atoms with van der Waals surface area (Å²) in [6.07, 6.45) is 7.66. The largest absolute Gasteiger partial charge is 0.475 e. The summed E-state index contributed by atoms with van der Waals surface area (Å²) >= 11 is 0. The summed E-state index contributed by atoms with van der Waals surface area (Å²) < 4.78 is 15.8.